The van der Waals surface area contributed by atoms with Crippen molar-refractivity contribution in [3.05, 3.63) is 29.8 Å². The number of benzene rings is 1. The van der Waals surface area contributed by atoms with Crippen LogP contribution in [0, 0.1) is 0 Å². The highest BCUT2D eigenvalue weighted by molar-refractivity contribution is 7.90. The lowest BCUT2D eigenvalue weighted by atomic mass is 10.1. The van der Waals surface area contributed by atoms with Crippen LogP contribution in [0.2, 0.25) is 0 Å². The number of fused-ring (bicyclic) bond motifs is 1. The summed E-state index contributed by atoms with van der Waals surface area (Å²) in [6.07, 6.45) is 3.07. The van der Waals surface area contributed by atoms with Gasteiger partial charge in [-0.15, -0.1) is 0 Å². The second-order valence-corrected chi connectivity index (χ2v) is 7.80. The molecular formula is C15H24N2O2S. The van der Waals surface area contributed by atoms with E-state index < -0.39 is 9.84 Å². The quantitative estimate of drug-likeness (QED) is 0.900. The van der Waals surface area contributed by atoms with Crippen molar-refractivity contribution in [2.75, 3.05) is 30.0 Å². The van der Waals surface area contributed by atoms with Crippen LogP contribution in [0.3, 0.4) is 0 Å². The molecule has 1 unspecified atom stereocenters. The van der Waals surface area contributed by atoms with Crippen molar-refractivity contribution < 1.29 is 8.42 Å². The minimum atomic E-state index is -2.87. The number of nitrogens with zero attached hydrogens (tertiary/aromatic N) is 1. The van der Waals surface area contributed by atoms with Crippen molar-refractivity contribution in [1.82, 2.24) is 5.32 Å². The lowest BCUT2D eigenvalue weighted by Crippen LogP contribution is -2.38. The van der Waals surface area contributed by atoms with E-state index in [1.54, 1.807) is 0 Å². The molecule has 0 bridgehead atoms. The van der Waals surface area contributed by atoms with Crippen LogP contribution >= 0.6 is 0 Å². The minimum absolute atomic E-state index is 0.260. The largest absolute Gasteiger partial charge is 0.370 e. The zero-order chi connectivity index (χ0) is 14.6. The molecule has 0 spiro atoms. The highest BCUT2D eigenvalue weighted by atomic mass is 32.2. The topological polar surface area (TPSA) is 49.4 Å². The van der Waals surface area contributed by atoms with Crippen LogP contribution in [0.1, 0.15) is 25.3 Å². The van der Waals surface area contributed by atoms with Crippen LogP contribution in [0.4, 0.5) is 5.69 Å². The number of hydrogen-bond donors (Lipinski definition) is 1. The molecule has 1 atom stereocenters. The Hall–Kier alpha value is -1.07. The standard InChI is InChI=1S/C15H24N2O2S/c1-3-14-12-17(9-6-10-20(2,18)19)15-8-5-4-7-13(15)11-16-14/h4-5,7-8,14,16H,3,6,9-12H2,1-2H3. The first-order valence-electron chi connectivity index (χ1n) is 7.23. The Kier molecular flexibility index (Phi) is 5.05. The summed E-state index contributed by atoms with van der Waals surface area (Å²) >= 11 is 0. The van der Waals surface area contributed by atoms with Crippen LogP contribution in [0.5, 0.6) is 0 Å². The lowest BCUT2D eigenvalue weighted by Gasteiger charge is -2.27. The molecule has 1 N–H and O–H groups in total. The van der Waals surface area contributed by atoms with Crippen LogP contribution < -0.4 is 10.2 Å². The fraction of sp³-hybridized carbons (Fsp3) is 0.600. The SMILES string of the molecule is CCC1CN(CCCS(C)(=O)=O)c2ccccc2CN1. The Bertz CT molecular complexity index is 543. The van der Waals surface area contributed by atoms with E-state index in [0.29, 0.717) is 12.5 Å². The third kappa shape index (κ3) is 4.21. The summed E-state index contributed by atoms with van der Waals surface area (Å²) < 4.78 is 22.6. The van der Waals surface area contributed by atoms with E-state index in [1.807, 2.05) is 0 Å². The van der Waals surface area contributed by atoms with Gasteiger partial charge in [-0.25, -0.2) is 8.42 Å². The Morgan fingerprint density at radius 2 is 2.10 bits per heavy atom. The molecule has 0 fully saturated rings. The average molecular weight is 296 g/mol. The maximum Gasteiger partial charge on any atom is 0.147 e. The summed E-state index contributed by atoms with van der Waals surface area (Å²) in [4.78, 5) is 2.33. The van der Waals surface area contributed by atoms with Gasteiger partial charge in [0, 0.05) is 37.6 Å². The molecule has 0 saturated heterocycles. The van der Waals surface area contributed by atoms with Gasteiger partial charge in [-0.05, 0) is 24.5 Å². The molecule has 4 nitrogen and oxygen atoms in total. The minimum Gasteiger partial charge on any atom is -0.370 e. The first kappa shape index (κ1) is 15.3. The molecule has 1 aliphatic heterocycles. The average Bonchev–Trinajstić information content (AvgIpc) is 2.57. The summed E-state index contributed by atoms with van der Waals surface area (Å²) in [6.45, 7) is 4.80. The highest BCUT2D eigenvalue weighted by Gasteiger charge is 2.20. The highest BCUT2D eigenvalue weighted by Crippen LogP contribution is 2.24. The molecule has 0 aliphatic carbocycles. The molecule has 1 aromatic rings. The van der Waals surface area contributed by atoms with Gasteiger partial charge in [0.2, 0.25) is 0 Å². The van der Waals surface area contributed by atoms with Crippen molar-refractivity contribution in [2.45, 2.75) is 32.4 Å². The number of rotatable bonds is 5. The van der Waals surface area contributed by atoms with Gasteiger partial charge in [0.1, 0.15) is 9.84 Å². The second kappa shape index (κ2) is 6.59. The molecule has 1 aromatic carbocycles. The predicted octanol–water partition coefficient (Wildman–Crippen LogP) is 1.81. The maximum absolute atomic E-state index is 11.3. The molecule has 0 amide bonds. The van der Waals surface area contributed by atoms with Crippen molar-refractivity contribution in [1.29, 1.82) is 0 Å². The molecule has 1 heterocycles. The molecule has 1 aliphatic rings. The van der Waals surface area contributed by atoms with Crippen LogP contribution in [-0.4, -0.2) is 39.6 Å². The summed E-state index contributed by atoms with van der Waals surface area (Å²) in [7, 11) is -2.87. The Labute approximate surface area is 122 Å². The van der Waals surface area contributed by atoms with Crippen LogP contribution in [0.15, 0.2) is 24.3 Å². The van der Waals surface area contributed by atoms with Gasteiger partial charge in [-0.2, -0.15) is 0 Å². The third-order valence-corrected chi connectivity index (χ3v) is 4.82. The first-order chi connectivity index (χ1) is 9.49. The molecule has 0 aromatic heterocycles. The zero-order valence-electron chi connectivity index (χ0n) is 12.3. The normalized spacial score (nSPS) is 19.5. The van der Waals surface area contributed by atoms with E-state index in [2.05, 4.69) is 41.4 Å². The number of para-hydroxylation sites is 1. The Balaban J connectivity index is 2.11. The smallest absolute Gasteiger partial charge is 0.147 e. The molecule has 2 rings (SSSR count). The molecule has 0 saturated carbocycles. The number of hydrogen-bond acceptors (Lipinski definition) is 4. The Morgan fingerprint density at radius 3 is 2.80 bits per heavy atom. The van der Waals surface area contributed by atoms with Gasteiger partial charge in [0.05, 0.1) is 5.75 Å². The third-order valence-electron chi connectivity index (χ3n) is 3.79. The van der Waals surface area contributed by atoms with E-state index in [9.17, 15) is 8.42 Å². The van der Waals surface area contributed by atoms with E-state index in [4.69, 9.17) is 0 Å². The summed E-state index contributed by atoms with van der Waals surface area (Å²) in [5, 5.41) is 3.56. The number of anilines is 1. The number of nitrogens with one attached hydrogen (secondary N) is 1. The molecule has 112 valence electrons. The second-order valence-electron chi connectivity index (χ2n) is 5.54. The summed E-state index contributed by atoms with van der Waals surface area (Å²) in [6, 6.07) is 8.84. The maximum atomic E-state index is 11.3. The van der Waals surface area contributed by atoms with E-state index in [0.717, 1.165) is 26.1 Å². The van der Waals surface area contributed by atoms with Crippen molar-refractivity contribution >= 4 is 15.5 Å². The van der Waals surface area contributed by atoms with Gasteiger partial charge >= 0.3 is 0 Å². The lowest BCUT2D eigenvalue weighted by molar-refractivity contribution is 0.502. The number of sulfone groups is 1. The van der Waals surface area contributed by atoms with E-state index >= 15 is 0 Å². The van der Waals surface area contributed by atoms with E-state index in [1.165, 1.54) is 17.5 Å². The van der Waals surface area contributed by atoms with Crippen molar-refractivity contribution in [3.8, 4) is 0 Å². The monoisotopic (exact) mass is 296 g/mol. The zero-order valence-corrected chi connectivity index (χ0v) is 13.1. The molecule has 5 heteroatoms. The first-order valence-corrected chi connectivity index (χ1v) is 9.29. The molecule has 20 heavy (non-hydrogen) atoms. The summed E-state index contributed by atoms with van der Waals surface area (Å²) in [5.41, 5.74) is 2.53. The summed E-state index contributed by atoms with van der Waals surface area (Å²) in [5.74, 6) is 0.260. The fourth-order valence-corrected chi connectivity index (χ4v) is 3.31. The fourth-order valence-electron chi connectivity index (χ4n) is 2.65. The van der Waals surface area contributed by atoms with Gasteiger partial charge in [0.15, 0.2) is 0 Å². The van der Waals surface area contributed by atoms with Gasteiger partial charge < -0.3 is 10.2 Å². The van der Waals surface area contributed by atoms with Crippen molar-refractivity contribution in [2.24, 2.45) is 0 Å². The molecule has 0 radical (unpaired) electrons. The van der Waals surface area contributed by atoms with Gasteiger partial charge in [-0.1, -0.05) is 25.1 Å². The molecular weight excluding hydrogens is 272 g/mol. The Morgan fingerprint density at radius 1 is 1.35 bits per heavy atom. The van der Waals surface area contributed by atoms with Gasteiger partial charge in [0.25, 0.3) is 0 Å². The van der Waals surface area contributed by atoms with E-state index in [-0.39, 0.29) is 5.75 Å². The van der Waals surface area contributed by atoms with Crippen molar-refractivity contribution in [3.63, 3.8) is 0 Å². The van der Waals surface area contributed by atoms with Crippen LogP contribution in [0.25, 0.3) is 0 Å². The predicted molar refractivity (Wildman–Crippen MR) is 83.9 cm³/mol. The van der Waals surface area contributed by atoms with Gasteiger partial charge in [-0.3, -0.25) is 0 Å². The van der Waals surface area contributed by atoms with Crippen LogP contribution in [-0.2, 0) is 16.4 Å².